The number of benzene rings is 1. The standard InChI is InChI=1S/C17H16ClF3N2O4S/c18-14-2-1-12(17(19,20)21)9-15(14)28(25,26)22-13-3-6-23(7-4-13)16(24)11-5-8-27-10-11/h1-2,5,8-10,13,22H,3-4,6-7H2. The van der Waals surface area contributed by atoms with Gasteiger partial charge < -0.3 is 9.32 Å². The summed E-state index contributed by atoms with van der Waals surface area (Å²) in [5.41, 5.74) is -0.701. The molecular weight excluding hydrogens is 421 g/mol. The zero-order valence-electron chi connectivity index (χ0n) is 14.4. The van der Waals surface area contributed by atoms with Crippen LogP contribution in [0.1, 0.15) is 28.8 Å². The van der Waals surface area contributed by atoms with Crippen molar-refractivity contribution >= 4 is 27.5 Å². The Morgan fingerprint density at radius 2 is 1.89 bits per heavy atom. The number of carbonyl (C=O) groups is 1. The molecule has 1 fully saturated rings. The largest absolute Gasteiger partial charge is 0.472 e. The number of alkyl halides is 3. The SMILES string of the molecule is O=C(c1ccoc1)N1CCC(NS(=O)(=O)c2cc(C(F)(F)F)ccc2Cl)CC1. The average molecular weight is 437 g/mol. The molecule has 6 nitrogen and oxygen atoms in total. The third-order valence-electron chi connectivity index (χ3n) is 4.42. The Balaban J connectivity index is 1.68. The van der Waals surface area contributed by atoms with Gasteiger partial charge in [0, 0.05) is 19.1 Å². The lowest BCUT2D eigenvalue weighted by Crippen LogP contribution is -2.46. The van der Waals surface area contributed by atoms with Crippen molar-refractivity contribution in [2.45, 2.75) is 30.0 Å². The van der Waals surface area contributed by atoms with Crippen molar-refractivity contribution in [3.8, 4) is 0 Å². The number of amides is 1. The van der Waals surface area contributed by atoms with Gasteiger partial charge in [-0.05, 0) is 37.1 Å². The molecule has 1 saturated heterocycles. The predicted molar refractivity (Wildman–Crippen MR) is 94.4 cm³/mol. The van der Waals surface area contributed by atoms with Crippen LogP contribution < -0.4 is 4.72 Å². The van der Waals surface area contributed by atoms with Crippen molar-refractivity contribution in [1.82, 2.24) is 9.62 Å². The maximum Gasteiger partial charge on any atom is 0.416 e. The van der Waals surface area contributed by atoms with E-state index in [0.29, 0.717) is 37.6 Å². The molecule has 1 aliphatic heterocycles. The van der Waals surface area contributed by atoms with E-state index in [1.807, 2.05) is 0 Å². The third-order valence-corrected chi connectivity index (χ3v) is 6.42. The number of carbonyl (C=O) groups excluding carboxylic acids is 1. The van der Waals surface area contributed by atoms with Crippen LogP contribution in [0.2, 0.25) is 5.02 Å². The molecule has 0 saturated carbocycles. The van der Waals surface area contributed by atoms with Gasteiger partial charge in [0.2, 0.25) is 10.0 Å². The summed E-state index contributed by atoms with van der Waals surface area (Å²) >= 11 is 5.82. The Labute approximate surface area is 164 Å². The zero-order valence-corrected chi connectivity index (χ0v) is 15.9. The molecule has 28 heavy (non-hydrogen) atoms. The van der Waals surface area contributed by atoms with Crippen LogP contribution in [0.25, 0.3) is 0 Å². The van der Waals surface area contributed by atoms with Crippen LogP contribution in [0.5, 0.6) is 0 Å². The van der Waals surface area contributed by atoms with Crippen LogP contribution in [0, 0.1) is 0 Å². The van der Waals surface area contributed by atoms with Crippen LogP contribution in [0.15, 0.2) is 46.1 Å². The quantitative estimate of drug-likeness (QED) is 0.795. The highest BCUT2D eigenvalue weighted by atomic mass is 35.5. The molecule has 2 heterocycles. The molecule has 0 radical (unpaired) electrons. The molecule has 0 atom stereocenters. The van der Waals surface area contributed by atoms with E-state index in [0.717, 1.165) is 12.1 Å². The number of hydrogen-bond donors (Lipinski definition) is 1. The zero-order chi connectivity index (χ0) is 20.5. The fourth-order valence-electron chi connectivity index (χ4n) is 2.94. The van der Waals surface area contributed by atoms with Crippen molar-refractivity contribution in [2.75, 3.05) is 13.1 Å². The van der Waals surface area contributed by atoms with Gasteiger partial charge in [0.1, 0.15) is 11.2 Å². The summed E-state index contributed by atoms with van der Waals surface area (Å²) in [6.45, 7) is 0.598. The Hall–Kier alpha value is -2.04. The number of nitrogens with zero attached hydrogens (tertiary/aromatic N) is 1. The topological polar surface area (TPSA) is 79.6 Å². The van der Waals surface area contributed by atoms with E-state index in [-0.39, 0.29) is 10.9 Å². The average Bonchev–Trinajstić information content (AvgIpc) is 3.15. The van der Waals surface area contributed by atoms with Crippen LogP contribution >= 0.6 is 11.6 Å². The summed E-state index contributed by atoms with van der Waals surface area (Å²) < 4.78 is 71.0. The molecule has 0 aliphatic carbocycles. The molecule has 3 rings (SSSR count). The van der Waals surface area contributed by atoms with Gasteiger partial charge in [-0.25, -0.2) is 13.1 Å². The number of sulfonamides is 1. The first-order valence-electron chi connectivity index (χ1n) is 8.28. The van der Waals surface area contributed by atoms with Gasteiger partial charge in [-0.15, -0.1) is 0 Å². The minimum atomic E-state index is -4.69. The van der Waals surface area contributed by atoms with Gasteiger partial charge >= 0.3 is 6.18 Å². The van der Waals surface area contributed by atoms with E-state index >= 15 is 0 Å². The highest BCUT2D eigenvalue weighted by Gasteiger charge is 2.34. The lowest BCUT2D eigenvalue weighted by Gasteiger charge is -2.32. The molecule has 152 valence electrons. The lowest BCUT2D eigenvalue weighted by molar-refractivity contribution is -0.137. The highest BCUT2D eigenvalue weighted by Crippen LogP contribution is 2.33. The molecule has 1 aromatic carbocycles. The van der Waals surface area contributed by atoms with E-state index < -0.39 is 32.7 Å². The Kier molecular flexibility index (Phi) is 5.74. The number of likely N-dealkylation sites (tertiary alicyclic amines) is 1. The molecule has 0 bridgehead atoms. The second-order valence-corrected chi connectivity index (χ2v) is 8.43. The molecule has 0 spiro atoms. The summed E-state index contributed by atoms with van der Waals surface area (Å²) in [5.74, 6) is -0.226. The van der Waals surface area contributed by atoms with Gasteiger partial charge in [0.25, 0.3) is 5.91 Å². The smallest absolute Gasteiger partial charge is 0.416 e. The van der Waals surface area contributed by atoms with Gasteiger partial charge in [0.15, 0.2) is 0 Å². The molecule has 1 amide bonds. The van der Waals surface area contributed by atoms with Gasteiger partial charge in [-0.1, -0.05) is 11.6 Å². The molecule has 2 aromatic rings. The highest BCUT2D eigenvalue weighted by molar-refractivity contribution is 7.89. The van der Waals surface area contributed by atoms with Crippen molar-refractivity contribution in [3.05, 3.63) is 52.9 Å². The van der Waals surface area contributed by atoms with Gasteiger partial charge in [0.05, 0.1) is 22.4 Å². The molecule has 11 heteroatoms. The monoisotopic (exact) mass is 436 g/mol. The number of halogens is 4. The van der Waals surface area contributed by atoms with Crippen LogP contribution in [0.4, 0.5) is 13.2 Å². The van der Waals surface area contributed by atoms with Gasteiger partial charge in [-0.2, -0.15) is 13.2 Å². The summed E-state index contributed by atoms with van der Waals surface area (Å²) in [6, 6.07) is 3.16. The fraction of sp³-hybridized carbons (Fsp3) is 0.353. The van der Waals surface area contributed by atoms with E-state index in [1.165, 1.54) is 18.6 Å². The number of piperidine rings is 1. The number of rotatable bonds is 4. The van der Waals surface area contributed by atoms with E-state index in [9.17, 15) is 26.4 Å². The van der Waals surface area contributed by atoms with Crippen molar-refractivity contribution in [1.29, 1.82) is 0 Å². The predicted octanol–water partition coefficient (Wildman–Crippen LogP) is 3.53. The van der Waals surface area contributed by atoms with Gasteiger partial charge in [-0.3, -0.25) is 4.79 Å². The minimum absolute atomic E-state index is 0.226. The van der Waals surface area contributed by atoms with Crippen molar-refractivity contribution < 1.29 is 30.8 Å². The maximum atomic E-state index is 12.9. The van der Waals surface area contributed by atoms with Crippen LogP contribution in [-0.2, 0) is 16.2 Å². The molecular formula is C17H16ClF3N2O4S. The summed E-state index contributed by atoms with van der Waals surface area (Å²) in [4.78, 5) is 13.2. The molecule has 1 aromatic heterocycles. The maximum absolute atomic E-state index is 12.9. The van der Waals surface area contributed by atoms with Crippen LogP contribution in [-0.4, -0.2) is 38.4 Å². The fourth-order valence-corrected chi connectivity index (χ4v) is 4.77. The van der Waals surface area contributed by atoms with E-state index in [2.05, 4.69) is 4.72 Å². The summed E-state index contributed by atoms with van der Waals surface area (Å²) in [6.07, 6.45) is -1.34. The van der Waals surface area contributed by atoms with Crippen molar-refractivity contribution in [2.24, 2.45) is 0 Å². The number of nitrogens with one attached hydrogen (secondary N) is 1. The third kappa shape index (κ3) is 4.50. The molecule has 1 N–H and O–H groups in total. The number of hydrogen-bond acceptors (Lipinski definition) is 4. The number of furan rings is 1. The first-order chi connectivity index (χ1) is 13.1. The first kappa shape index (κ1) is 20.7. The van der Waals surface area contributed by atoms with E-state index in [1.54, 1.807) is 4.90 Å². The second-order valence-electron chi connectivity index (χ2n) is 6.34. The Morgan fingerprint density at radius 1 is 1.21 bits per heavy atom. The minimum Gasteiger partial charge on any atom is -0.472 e. The Morgan fingerprint density at radius 3 is 2.46 bits per heavy atom. The van der Waals surface area contributed by atoms with Crippen LogP contribution in [0.3, 0.4) is 0 Å². The normalized spacial score (nSPS) is 16.4. The second kappa shape index (κ2) is 7.76. The molecule has 0 unspecified atom stereocenters. The van der Waals surface area contributed by atoms with Crippen molar-refractivity contribution in [3.63, 3.8) is 0 Å². The lowest BCUT2D eigenvalue weighted by atomic mass is 10.1. The summed E-state index contributed by atoms with van der Waals surface area (Å²) in [5, 5.41) is -0.298. The Bertz CT molecular complexity index is 953. The first-order valence-corrected chi connectivity index (χ1v) is 10.1. The summed E-state index contributed by atoms with van der Waals surface area (Å²) in [7, 11) is -4.25. The molecule has 1 aliphatic rings. The van der Waals surface area contributed by atoms with E-state index in [4.69, 9.17) is 16.0 Å².